The topological polar surface area (TPSA) is 0 Å². The molecule has 4 rings (SSSR count). The Bertz CT molecular complexity index is 939. The summed E-state index contributed by atoms with van der Waals surface area (Å²) in [6.07, 6.45) is 6.80. The fourth-order valence-electron chi connectivity index (χ4n) is 3.42. The first kappa shape index (κ1) is 34.0. The molecule has 33 heavy (non-hydrogen) atoms. The monoisotopic (exact) mass is 559 g/mol. The molecule has 3 aromatic carbocycles. The minimum Gasteiger partial charge on any atom is -0.168 e. The van der Waals surface area contributed by atoms with Crippen molar-refractivity contribution in [2.45, 2.75) is 48.0 Å². The number of rotatable bonds is 1. The van der Waals surface area contributed by atoms with Gasteiger partial charge in [-0.25, -0.2) is 5.57 Å². The summed E-state index contributed by atoms with van der Waals surface area (Å²) in [4.78, 5) is 0. The number of hydrogen-bond acceptors (Lipinski definition) is 0. The maximum Gasteiger partial charge on any atom is -0.0809 e. The van der Waals surface area contributed by atoms with E-state index in [0.29, 0.717) is 0 Å². The van der Waals surface area contributed by atoms with Crippen LogP contribution in [0.15, 0.2) is 90.0 Å². The van der Waals surface area contributed by atoms with Gasteiger partial charge in [-0.05, 0) is 5.41 Å². The predicted octanol–water partition coefficient (Wildman–Crippen LogP) is 9.37. The molecule has 0 aromatic heterocycles. The van der Waals surface area contributed by atoms with Crippen LogP contribution in [0.2, 0.25) is 0 Å². The quantitative estimate of drug-likeness (QED) is 0.260. The van der Waals surface area contributed by atoms with Gasteiger partial charge >= 0.3 is 63.8 Å². The maximum absolute atomic E-state index is 3.48. The Labute approximate surface area is 230 Å². The minimum atomic E-state index is 0. The van der Waals surface area contributed by atoms with E-state index in [1.165, 1.54) is 51.7 Å². The van der Waals surface area contributed by atoms with Crippen molar-refractivity contribution in [3.05, 3.63) is 109 Å². The molecule has 180 valence electrons. The molecular formula is C30H39Cl2Zr-3. The van der Waals surface area contributed by atoms with Crippen LogP contribution in [-0.4, -0.2) is 3.71 Å². The zero-order valence-electron chi connectivity index (χ0n) is 21.1. The average molecular weight is 562 g/mol. The van der Waals surface area contributed by atoms with Crippen LogP contribution in [0, 0.1) is 24.3 Å². The second-order valence-electron chi connectivity index (χ2n) is 9.58. The molecule has 0 spiro atoms. The molecule has 0 saturated carbocycles. The summed E-state index contributed by atoms with van der Waals surface area (Å²) in [6, 6.07) is 25.0. The van der Waals surface area contributed by atoms with Gasteiger partial charge < -0.3 is 7.43 Å². The van der Waals surface area contributed by atoms with Gasteiger partial charge in [-0.1, -0.05) is 53.0 Å². The van der Waals surface area contributed by atoms with E-state index >= 15 is 0 Å². The van der Waals surface area contributed by atoms with E-state index in [1.54, 1.807) is 0 Å². The molecule has 0 aliphatic heterocycles. The number of allylic oxidation sites excluding steroid dienone is 4. The fourth-order valence-corrected chi connectivity index (χ4v) is 3.90. The van der Waals surface area contributed by atoms with Crippen molar-refractivity contribution in [1.29, 1.82) is 0 Å². The third kappa shape index (κ3) is 11.2. The Balaban J connectivity index is 0. The van der Waals surface area contributed by atoms with Gasteiger partial charge in [0.1, 0.15) is 0 Å². The summed E-state index contributed by atoms with van der Waals surface area (Å²) in [5.74, 6) is 0. The summed E-state index contributed by atoms with van der Waals surface area (Å²) in [6.45, 7) is 13.6. The third-order valence-corrected chi connectivity index (χ3v) is 5.75. The van der Waals surface area contributed by atoms with Crippen LogP contribution in [0.25, 0.3) is 10.8 Å². The van der Waals surface area contributed by atoms with Gasteiger partial charge in [0.2, 0.25) is 0 Å². The number of benzene rings is 2. The van der Waals surface area contributed by atoms with E-state index in [-0.39, 0.29) is 43.1 Å². The molecule has 0 bridgehead atoms. The SMILES string of the molecule is CC(C)(C)C1=[C-]CC=C1C(C)(C)C.Cl.Cl.[CH3-].[Zr]=[CH]c1ccccc1.c1ccc2[cH-]ccc2c1. The molecule has 0 nitrogen and oxygen atoms in total. The fraction of sp³-hybridized carbons (Fsp3) is 0.300. The Morgan fingerprint density at radius 2 is 1.39 bits per heavy atom. The van der Waals surface area contributed by atoms with Gasteiger partial charge in [-0.15, -0.1) is 60.9 Å². The van der Waals surface area contributed by atoms with E-state index < -0.39 is 0 Å². The standard InChI is InChI=1S/C13H21.C9H7.C7H6.CH3.2ClH.Zr/c1-12(2,3)10-8-7-9-11(10)13(4,5)6;1-2-5-9-7-3-6-8(9)4-1;1-7-5-3-2-4-6-7;;;;/h8H,7H2,1-6H3;1-7H;1-6H;1H3;2*1H;/q2*-1;;-1;;;. The van der Waals surface area contributed by atoms with Gasteiger partial charge in [-0.3, -0.25) is 6.08 Å². The van der Waals surface area contributed by atoms with Crippen molar-refractivity contribution >= 4 is 39.3 Å². The first-order chi connectivity index (χ1) is 14.1. The van der Waals surface area contributed by atoms with Crippen LogP contribution in [0.1, 0.15) is 53.5 Å². The molecule has 0 amide bonds. The Hall–Kier alpha value is -1.14. The summed E-state index contributed by atoms with van der Waals surface area (Å²) < 4.78 is 2.17. The van der Waals surface area contributed by atoms with Gasteiger partial charge in [0, 0.05) is 0 Å². The van der Waals surface area contributed by atoms with E-state index in [9.17, 15) is 0 Å². The van der Waals surface area contributed by atoms with Crippen molar-refractivity contribution in [2.24, 2.45) is 10.8 Å². The normalized spacial score (nSPS) is 12.2. The molecule has 3 aromatic rings. The van der Waals surface area contributed by atoms with Crippen LogP contribution in [0.4, 0.5) is 0 Å². The van der Waals surface area contributed by atoms with Crippen molar-refractivity contribution in [2.75, 3.05) is 0 Å². The first-order valence-electron chi connectivity index (χ1n) is 10.6. The van der Waals surface area contributed by atoms with Crippen LogP contribution < -0.4 is 0 Å². The summed E-state index contributed by atoms with van der Waals surface area (Å²) in [7, 11) is 0. The zero-order chi connectivity index (χ0) is 22.2. The summed E-state index contributed by atoms with van der Waals surface area (Å²) >= 11 is 1.46. The van der Waals surface area contributed by atoms with Crippen LogP contribution in [-0.2, 0) is 24.2 Å². The van der Waals surface area contributed by atoms with E-state index in [2.05, 4.69) is 124 Å². The Kier molecular flexibility index (Phi) is 16.2. The van der Waals surface area contributed by atoms with Gasteiger partial charge in [-0.2, -0.15) is 29.2 Å². The summed E-state index contributed by atoms with van der Waals surface area (Å²) in [5.41, 5.74) is 4.74. The Morgan fingerprint density at radius 1 is 0.818 bits per heavy atom. The minimum absolute atomic E-state index is 0. The molecule has 1 aliphatic rings. The van der Waals surface area contributed by atoms with Crippen molar-refractivity contribution in [3.63, 3.8) is 0 Å². The zero-order valence-corrected chi connectivity index (χ0v) is 25.2. The van der Waals surface area contributed by atoms with E-state index in [0.717, 1.165) is 6.42 Å². The second-order valence-corrected chi connectivity index (χ2v) is 10.3. The van der Waals surface area contributed by atoms with Crippen LogP contribution in [0.3, 0.4) is 0 Å². The maximum atomic E-state index is 3.48. The van der Waals surface area contributed by atoms with Gasteiger partial charge in [0.05, 0.1) is 0 Å². The molecule has 0 fully saturated rings. The molecule has 0 saturated heterocycles. The third-order valence-electron chi connectivity index (χ3n) is 4.93. The predicted molar refractivity (Wildman–Crippen MR) is 150 cm³/mol. The smallest absolute Gasteiger partial charge is 0.0809 e. The molecule has 0 heterocycles. The number of fused-ring (bicyclic) bond motifs is 1. The molecule has 0 atom stereocenters. The number of hydrogen-bond donors (Lipinski definition) is 0. The molecule has 0 unspecified atom stereocenters. The Morgan fingerprint density at radius 3 is 1.85 bits per heavy atom. The average Bonchev–Trinajstić information content (AvgIpc) is 3.38. The van der Waals surface area contributed by atoms with Crippen molar-refractivity contribution in [1.82, 2.24) is 0 Å². The van der Waals surface area contributed by atoms with Crippen molar-refractivity contribution in [3.8, 4) is 0 Å². The second kappa shape index (κ2) is 15.7. The van der Waals surface area contributed by atoms with Gasteiger partial charge in [0.25, 0.3) is 0 Å². The van der Waals surface area contributed by atoms with Crippen LogP contribution in [0.5, 0.6) is 0 Å². The van der Waals surface area contributed by atoms with Gasteiger partial charge in [0.15, 0.2) is 0 Å². The van der Waals surface area contributed by atoms with E-state index in [4.69, 9.17) is 0 Å². The van der Waals surface area contributed by atoms with Crippen LogP contribution >= 0.6 is 24.8 Å². The molecule has 0 N–H and O–H groups in total. The molecular weight excluding hydrogens is 522 g/mol. The molecule has 3 heteroatoms. The summed E-state index contributed by atoms with van der Waals surface area (Å²) in [5, 5.41) is 2.66. The largest absolute Gasteiger partial charge is 0.168 e. The number of halogens is 2. The molecule has 1 aliphatic carbocycles. The van der Waals surface area contributed by atoms with Crippen molar-refractivity contribution < 1.29 is 24.2 Å². The molecule has 0 radical (unpaired) electrons. The first-order valence-corrected chi connectivity index (χ1v) is 12.0. The van der Waals surface area contributed by atoms with E-state index in [1.807, 2.05) is 6.07 Å².